The van der Waals surface area contributed by atoms with Gasteiger partial charge in [0.2, 0.25) is 10.9 Å². The number of hydrogen-bond acceptors (Lipinski definition) is 4. The van der Waals surface area contributed by atoms with E-state index in [1.54, 1.807) is 10.6 Å². The summed E-state index contributed by atoms with van der Waals surface area (Å²) < 4.78 is 14.9. The topological polar surface area (TPSA) is 56.2 Å². The molecule has 86 valence electrons. The second kappa shape index (κ2) is 3.53. The molecule has 0 fully saturated rings. The van der Waals surface area contributed by atoms with Crippen LogP contribution in [0.25, 0.3) is 16.2 Å². The van der Waals surface area contributed by atoms with Gasteiger partial charge in [-0.3, -0.25) is 0 Å². The number of anilines is 1. The summed E-state index contributed by atoms with van der Waals surface area (Å²) in [7, 11) is 0. The Hall–Kier alpha value is -1.95. The van der Waals surface area contributed by atoms with E-state index in [4.69, 9.17) is 5.73 Å². The summed E-state index contributed by atoms with van der Waals surface area (Å²) in [4.78, 5) is 5.85. The van der Waals surface area contributed by atoms with Crippen LogP contribution in [0.5, 0.6) is 0 Å². The number of halogens is 1. The van der Waals surface area contributed by atoms with Crippen LogP contribution >= 0.6 is 11.3 Å². The van der Waals surface area contributed by atoms with Gasteiger partial charge in [0.1, 0.15) is 5.82 Å². The molecule has 0 saturated carbocycles. The lowest BCUT2D eigenvalue weighted by molar-refractivity contribution is 0.628. The Labute approximate surface area is 101 Å². The number of nitrogens with two attached hydrogens (primary N) is 1. The van der Waals surface area contributed by atoms with Crippen LogP contribution in [0.15, 0.2) is 24.3 Å². The zero-order valence-corrected chi connectivity index (χ0v) is 9.83. The van der Waals surface area contributed by atoms with E-state index in [0.717, 1.165) is 21.1 Å². The minimum atomic E-state index is -0.269. The van der Waals surface area contributed by atoms with E-state index in [-0.39, 0.29) is 11.8 Å². The van der Waals surface area contributed by atoms with Gasteiger partial charge in [0.15, 0.2) is 0 Å². The van der Waals surface area contributed by atoms with Crippen molar-refractivity contribution in [2.24, 2.45) is 0 Å². The fourth-order valence-electron chi connectivity index (χ4n) is 1.82. The van der Waals surface area contributed by atoms with Crippen LogP contribution in [0.3, 0.4) is 0 Å². The molecule has 2 N–H and O–H groups in total. The Balaban J connectivity index is 2.32. The highest BCUT2D eigenvalue weighted by Gasteiger charge is 2.14. The fourth-order valence-corrected chi connectivity index (χ4v) is 2.75. The van der Waals surface area contributed by atoms with E-state index >= 15 is 0 Å². The van der Waals surface area contributed by atoms with Gasteiger partial charge in [-0.25, -0.2) is 8.91 Å². The number of fused-ring (bicyclic) bond motifs is 1. The summed E-state index contributed by atoms with van der Waals surface area (Å²) >= 11 is 1.49. The number of aromatic nitrogens is 3. The van der Waals surface area contributed by atoms with E-state index < -0.39 is 0 Å². The van der Waals surface area contributed by atoms with Gasteiger partial charge < -0.3 is 5.73 Å². The number of hydrogen-bond donors (Lipinski definition) is 1. The van der Waals surface area contributed by atoms with E-state index in [1.165, 1.54) is 23.5 Å². The van der Waals surface area contributed by atoms with Crippen LogP contribution < -0.4 is 5.73 Å². The molecule has 0 atom stereocenters. The molecule has 0 aliphatic heterocycles. The van der Waals surface area contributed by atoms with Crippen molar-refractivity contribution in [3.8, 4) is 11.3 Å². The number of rotatable bonds is 1. The Bertz CT molecular complexity index is 701. The molecule has 0 radical (unpaired) electrons. The van der Waals surface area contributed by atoms with E-state index in [2.05, 4.69) is 10.1 Å². The Morgan fingerprint density at radius 1 is 1.41 bits per heavy atom. The Morgan fingerprint density at radius 2 is 2.24 bits per heavy atom. The van der Waals surface area contributed by atoms with Gasteiger partial charge in [-0.2, -0.15) is 4.98 Å². The quantitative estimate of drug-likeness (QED) is 0.719. The minimum absolute atomic E-state index is 0.230. The molecule has 0 unspecified atom stereocenters. The Kier molecular flexibility index (Phi) is 2.12. The predicted molar refractivity (Wildman–Crippen MR) is 65.4 cm³/mol. The fraction of sp³-hybridized carbons (Fsp3) is 0.0909. The molecule has 2 aromatic heterocycles. The average molecular weight is 248 g/mol. The lowest BCUT2D eigenvalue weighted by Gasteiger charge is -2.00. The van der Waals surface area contributed by atoms with Crippen molar-refractivity contribution in [2.75, 3.05) is 5.73 Å². The first-order valence-corrected chi connectivity index (χ1v) is 5.84. The van der Waals surface area contributed by atoms with Crippen molar-refractivity contribution in [3.63, 3.8) is 0 Å². The molecule has 6 heteroatoms. The zero-order chi connectivity index (χ0) is 12.0. The highest BCUT2D eigenvalue weighted by Crippen LogP contribution is 2.30. The minimum Gasteiger partial charge on any atom is -0.366 e. The van der Waals surface area contributed by atoms with Crippen molar-refractivity contribution in [1.29, 1.82) is 0 Å². The Morgan fingerprint density at radius 3 is 3.00 bits per heavy atom. The molecule has 0 amide bonds. The SMILES string of the molecule is Cc1sc2nc(N)nn2c1-c1cccc(F)c1. The van der Waals surface area contributed by atoms with Gasteiger partial charge >= 0.3 is 0 Å². The molecule has 3 aromatic rings. The summed E-state index contributed by atoms with van der Waals surface area (Å²) in [6, 6.07) is 6.41. The average Bonchev–Trinajstić information content (AvgIpc) is 2.72. The van der Waals surface area contributed by atoms with Gasteiger partial charge in [0.05, 0.1) is 5.69 Å². The van der Waals surface area contributed by atoms with Crippen molar-refractivity contribution in [3.05, 3.63) is 35.0 Å². The van der Waals surface area contributed by atoms with Gasteiger partial charge in [-0.1, -0.05) is 23.5 Å². The maximum absolute atomic E-state index is 13.2. The summed E-state index contributed by atoms with van der Waals surface area (Å²) in [5.41, 5.74) is 7.17. The van der Waals surface area contributed by atoms with Gasteiger partial charge in [0, 0.05) is 10.4 Å². The smallest absolute Gasteiger partial charge is 0.241 e. The number of aryl methyl sites for hydroxylation is 1. The predicted octanol–water partition coefficient (Wildman–Crippen LogP) is 2.49. The molecular weight excluding hydrogens is 239 g/mol. The van der Waals surface area contributed by atoms with Gasteiger partial charge in [-0.15, -0.1) is 5.10 Å². The van der Waals surface area contributed by atoms with Crippen molar-refractivity contribution >= 4 is 22.2 Å². The third kappa shape index (κ3) is 1.57. The van der Waals surface area contributed by atoms with Crippen LogP contribution in [-0.2, 0) is 0 Å². The highest BCUT2D eigenvalue weighted by atomic mass is 32.1. The molecular formula is C11H9FN4S. The maximum Gasteiger partial charge on any atom is 0.241 e. The van der Waals surface area contributed by atoms with Crippen molar-refractivity contribution in [1.82, 2.24) is 14.6 Å². The normalized spacial score (nSPS) is 11.2. The van der Waals surface area contributed by atoms with E-state index in [9.17, 15) is 4.39 Å². The summed E-state index contributed by atoms with van der Waals surface area (Å²) in [6.45, 7) is 1.96. The van der Waals surface area contributed by atoms with E-state index in [0.29, 0.717) is 0 Å². The lowest BCUT2D eigenvalue weighted by Crippen LogP contribution is -1.93. The third-order valence-corrected chi connectivity index (χ3v) is 3.43. The monoisotopic (exact) mass is 248 g/mol. The largest absolute Gasteiger partial charge is 0.366 e. The highest BCUT2D eigenvalue weighted by molar-refractivity contribution is 7.17. The third-order valence-electron chi connectivity index (χ3n) is 2.48. The first kappa shape index (κ1) is 10.2. The lowest BCUT2D eigenvalue weighted by atomic mass is 10.1. The molecule has 0 aliphatic carbocycles. The van der Waals surface area contributed by atoms with Crippen molar-refractivity contribution in [2.45, 2.75) is 6.92 Å². The number of thiazole rings is 1. The first-order chi connectivity index (χ1) is 8.15. The maximum atomic E-state index is 13.2. The van der Waals surface area contributed by atoms with Crippen LogP contribution in [0.2, 0.25) is 0 Å². The molecule has 0 saturated heterocycles. The number of nitrogen functional groups attached to an aromatic ring is 1. The second-order valence-electron chi connectivity index (χ2n) is 3.68. The van der Waals surface area contributed by atoms with Gasteiger partial charge in [0.25, 0.3) is 0 Å². The van der Waals surface area contributed by atoms with E-state index in [1.807, 2.05) is 13.0 Å². The zero-order valence-electron chi connectivity index (χ0n) is 9.01. The molecule has 3 rings (SSSR count). The van der Waals surface area contributed by atoms with Crippen LogP contribution in [0, 0.1) is 12.7 Å². The summed E-state index contributed by atoms with van der Waals surface area (Å²) in [5.74, 6) is -0.0387. The molecule has 0 bridgehead atoms. The molecule has 0 spiro atoms. The molecule has 4 nitrogen and oxygen atoms in total. The van der Waals surface area contributed by atoms with Crippen LogP contribution in [-0.4, -0.2) is 14.6 Å². The summed E-state index contributed by atoms with van der Waals surface area (Å²) in [5, 5.41) is 4.11. The number of benzene rings is 1. The second-order valence-corrected chi connectivity index (χ2v) is 4.86. The number of nitrogens with zero attached hydrogens (tertiary/aromatic N) is 3. The first-order valence-electron chi connectivity index (χ1n) is 5.03. The van der Waals surface area contributed by atoms with Crippen LogP contribution in [0.4, 0.5) is 10.3 Å². The van der Waals surface area contributed by atoms with Gasteiger partial charge in [-0.05, 0) is 19.1 Å². The molecule has 0 aliphatic rings. The molecule has 17 heavy (non-hydrogen) atoms. The summed E-state index contributed by atoms with van der Waals surface area (Å²) in [6.07, 6.45) is 0. The molecule has 1 aromatic carbocycles. The standard InChI is InChI=1S/C11H9FN4S/c1-6-9(7-3-2-4-8(12)5-7)16-11(17-6)14-10(13)15-16/h2-5H,1H3,(H2,13,15). The molecule has 2 heterocycles. The van der Waals surface area contributed by atoms with Crippen LogP contribution in [0.1, 0.15) is 4.88 Å². The van der Waals surface area contributed by atoms with Crippen molar-refractivity contribution < 1.29 is 4.39 Å².